The van der Waals surface area contributed by atoms with Crippen LogP contribution in [0.2, 0.25) is 0 Å². The lowest BCUT2D eigenvalue weighted by molar-refractivity contribution is 0.684. The first kappa shape index (κ1) is 22.8. The summed E-state index contributed by atoms with van der Waals surface area (Å²) >= 11 is 1.65. The van der Waals surface area contributed by atoms with Gasteiger partial charge >= 0.3 is 0 Å². The van der Waals surface area contributed by atoms with E-state index >= 15 is 0 Å². The van der Waals surface area contributed by atoms with Crippen LogP contribution in [0.1, 0.15) is 41.6 Å². The van der Waals surface area contributed by atoms with Crippen molar-refractivity contribution in [2.45, 2.75) is 39.3 Å². The minimum absolute atomic E-state index is 0.00860. The summed E-state index contributed by atoms with van der Waals surface area (Å²) in [6, 6.07) is 24.2. The van der Waals surface area contributed by atoms with Crippen molar-refractivity contribution in [3.05, 3.63) is 110 Å². The van der Waals surface area contributed by atoms with E-state index in [1.165, 1.54) is 0 Å². The molecule has 0 N–H and O–H groups in total. The zero-order valence-corrected chi connectivity index (χ0v) is 20.5. The lowest BCUT2D eigenvalue weighted by Crippen LogP contribution is -2.22. The van der Waals surface area contributed by atoms with Crippen molar-refractivity contribution < 1.29 is 0 Å². The second-order valence-electron chi connectivity index (χ2n) is 8.63. The van der Waals surface area contributed by atoms with E-state index in [2.05, 4.69) is 35.8 Å². The second kappa shape index (κ2) is 10.1. The number of imidazole rings is 1. The first-order valence-corrected chi connectivity index (χ1v) is 12.7. The zero-order valence-electron chi connectivity index (χ0n) is 19.6. The van der Waals surface area contributed by atoms with E-state index < -0.39 is 0 Å². The van der Waals surface area contributed by atoms with Gasteiger partial charge < -0.3 is 9.13 Å². The van der Waals surface area contributed by atoms with Gasteiger partial charge in [0.15, 0.2) is 0 Å². The van der Waals surface area contributed by atoms with Gasteiger partial charge in [0.25, 0.3) is 5.56 Å². The second-order valence-corrected chi connectivity index (χ2v) is 9.67. The molecule has 0 spiro atoms. The molecule has 5 rings (SSSR count). The Labute approximate surface area is 208 Å². The molecule has 0 aliphatic carbocycles. The monoisotopic (exact) mass is 478 g/mol. The lowest BCUT2D eigenvalue weighted by Gasteiger charge is -2.11. The van der Waals surface area contributed by atoms with Gasteiger partial charge in [0.05, 0.1) is 23.7 Å². The molecule has 35 heavy (non-hydrogen) atoms. The van der Waals surface area contributed by atoms with Gasteiger partial charge in [-0.3, -0.25) is 4.79 Å². The molecule has 3 heterocycles. The van der Waals surface area contributed by atoms with Crippen LogP contribution < -0.4 is 5.56 Å². The molecule has 174 valence electrons. The highest BCUT2D eigenvalue weighted by atomic mass is 32.1. The van der Waals surface area contributed by atoms with Gasteiger partial charge in [0, 0.05) is 24.0 Å². The first-order valence-electron chi connectivity index (χ1n) is 11.9. The fourth-order valence-electron chi connectivity index (χ4n) is 4.42. The predicted octanol–water partition coefficient (Wildman–Crippen LogP) is 6.24. The Hall–Kier alpha value is -3.95. The number of thiophene rings is 1. The Morgan fingerprint density at radius 1 is 1.00 bits per heavy atom. The number of rotatable bonds is 8. The van der Waals surface area contributed by atoms with Crippen LogP contribution in [0.5, 0.6) is 0 Å². The summed E-state index contributed by atoms with van der Waals surface area (Å²) in [6.07, 6.45) is 4.78. The third-order valence-corrected chi connectivity index (χ3v) is 7.12. The van der Waals surface area contributed by atoms with Gasteiger partial charge in [-0.15, -0.1) is 11.3 Å². The fourth-order valence-corrected chi connectivity index (χ4v) is 5.12. The van der Waals surface area contributed by atoms with Crippen molar-refractivity contribution >= 4 is 22.4 Å². The molecule has 5 nitrogen and oxygen atoms in total. The summed E-state index contributed by atoms with van der Waals surface area (Å²) < 4.78 is 3.87. The minimum Gasteiger partial charge on any atom is -0.319 e. The molecule has 0 aliphatic heterocycles. The quantitative estimate of drug-likeness (QED) is 0.265. The van der Waals surface area contributed by atoms with E-state index in [4.69, 9.17) is 4.98 Å². The van der Waals surface area contributed by atoms with E-state index in [-0.39, 0.29) is 5.56 Å². The van der Waals surface area contributed by atoms with Crippen LogP contribution in [-0.4, -0.2) is 14.1 Å². The highest BCUT2D eigenvalue weighted by molar-refractivity contribution is 7.09. The molecule has 0 atom stereocenters. The minimum atomic E-state index is -0.00860. The van der Waals surface area contributed by atoms with Gasteiger partial charge in [0.1, 0.15) is 11.3 Å². The SMILES string of the molecule is CCCCc1nc2ccn(Cc3cccs3)c(=O)c2n1Cc1ccc(-c2ccccc2C#N)cc1. The van der Waals surface area contributed by atoms with Crippen molar-refractivity contribution in [1.82, 2.24) is 14.1 Å². The molecule has 0 saturated heterocycles. The van der Waals surface area contributed by atoms with E-state index in [0.717, 1.165) is 52.2 Å². The maximum atomic E-state index is 13.5. The van der Waals surface area contributed by atoms with Crippen LogP contribution in [0.15, 0.2) is 83.1 Å². The van der Waals surface area contributed by atoms with Crippen LogP contribution in [-0.2, 0) is 19.5 Å². The Bertz CT molecular complexity index is 1550. The number of hydrogen-bond acceptors (Lipinski definition) is 4. The van der Waals surface area contributed by atoms with Gasteiger partial charge in [-0.1, -0.05) is 61.9 Å². The van der Waals surface area contributed by atoms with Gasteiger partial charge in [-0.2, -0.15) is 5.26 Å². The predicted molar refractivity (Wildman–Crippen MR) is 142 cm³/mol. The molecule has 0 saturated carbocycles. The zero-order chi connectivity index (χ0) is 24.2. The summed E-state index contributed by atoms with van der Waals surface area (Å²) in [5, 5.41) is 11.5. The Balaban J connectivity index is 1.53. The third kappa shape index (κ3) is 4.68. The van der Waals surface area contributed by atoms with Crippen LogP contribution in [0.4, 0.5) is 0 Å². The third-order valence-electron chi connectivity index (χ3n) is 6.26. The van der Waals surface area contributed by atoms with E-state index in [1.54, 1.807) is 15.9 Å². The van der Waals surface area contributed by atoms with Gasteiger partial charge in [-0.25, -0.2) is 4.98 Å². The number of nitrogens with zero attached hydrogens (tertiary/aromatic N) is 4. The van der Waals surface area contributed by atoms with E-state index in [1.807, 2.05) is 60.1 Å². The highest BCUT2D eigenvalue weighted by Crippen LogP contribution is 2.24. The van der Waals surface area contributed by atoms with Crippen molar-refractivity contribution in [2.24, 2.45) is 0 Å². The first-order chi connectivity index (χ1) is 17.2. The number of aryl methyl sites for hydroxylation is 1. The maximum absolute atomic E-state index is 13.5. The summed E-state index contributed by atoms with van der Waals surface area (Å²) in [7, 11) is 0. The summed E-state index contributed by atoms with van der Waals surface area (Å²) in [4.78, 5) is 19.5. The number of fused-ring (bicyclic) bond motifs is 1. The number of aromatic nitrogens is 3. The summed E-state index contributed by atoms with van der Waals surface area (Å²) in [5.74, 6) is 0.951. The summed E-state index contributed by atoms with van der Waals surface area (Å²) in [6.45, 7) is 3.31. The highest BCUT2D eigenvalue weighted by Gasteiger charge is 2.16. The Kier molecular flexibility index (Phi) is 6.60. The molecule has 5 aromatic rings. The molecule has 0 radical (unpaired) electrons. The fraction of sp³-hybridized carbons (Fsp3) is 0.207. The molecular weight excluding hydrogens is 452 g/mol. The van der Waals surface area contributed by atoms with Crippen molar-refractivity contribution in [3.8, 4) is 17.2 Å². The van der Waals surface area contributed by atoms with E-state index in [9.17, 15) is 10.1 Å². The number of pyridine rings is 1. The Morgan fingerprint density at radius 2 is 1.83 bits per heavy atom. The largest absolute Gasteiger partial charge is 0.319 e. The van der Waals surface area contributed by atoms with Crippen molar-refractivity contribution in [1.29, 1.82) is 5.26 Å². The molecule has 6 heteroatoms. The average molecular weight is 479 g/mol. The van der Waals surface area contributed by atoms with Crippen LogP contribution in [0.25, 0.3) is 22.2 Å². The maximum Gasteiger partial charge on any atom is 0.277 e. The normalized spacial score (nSPS) is 11.1. The smallest absolute Gasteiger partial charge is 0.277 e. The molecule has 3 aromatic heterocycles. The number of nitriles is 1. The summed E-state index contributed by atoms with van der Waals surface area (Å²) in [5.41, 5.74) is 5.09. The lowest BCUT2D eigenvalue weighted by atomic mass is 9.99. The van der Waals surface area contributed by atoms with Gasteiger partial charge in [0.2, 0.25) is 0 Å². The van der Waals surface area contributed by atoms with Crippen LogP contribution >= 0.6 is 11.3 Å². The van der Waals surface area contributed by atoms with Crippen molar-refractivity contribution in [3.63, 3.8) is 0 Å². The number of benzene rings is 2. The molecule has 0 aliphatic rings. The number of hydrogen-bond donors (Lipinski definition) is 0. The van der Waals surface area contributed by atoms with Crippen LogP contribution in [0, 0.1) is 11.3 Å². The van der Waals surface area contributed by atoms with E-state index in [0.29, 0.717) is 24.2 Å². The molecular formula is C29H26N4OS. The molecule has 0 fully saturated rings. The van der Waals surface area contributed by atoms with Gasteiger partial charge in [-0.05, 0) is 46.7 Å². The molecule has 0 amide bonds. The molecule has 0 bridgehead atoms. The molecule has 0 unspecified atom stereocenters. The number of unbranched alkanes of at least 4 members (excludes halogenated alkanes) is 1. The standard InChI is InChI=1S/C29H26N4OS/c1-2-3-10-27-31-26-15-16-32(20-24-8-6-17-35-24)29(34)28(26)33(27)19-21-11-13-22(14-12-21)25-9-5-4-7-23(25)18-30/h4-9,11-17H,2-3,10,19-20H2,1H3. The van der Waals surface area contributed by atoms with Crippen LogP contribution in [0.3, 0.4) is 0 Å². The average Bonchev–Trinajstić information content (AvgIpc) is 3.53. The van der Waals surface area contributed by atoms with Crippen molar-refractivity contribution in [2.75, 3.05) is 0 Å². The Morgan fingerprint density at radius 3 is 2.57 bits per heavy atom. The topological polar surface area (TPSA) is 63.6 Å². The molecule has 2 aromatic carbocycles.